The van der Waals surface area contributed by atoms with Crippen LogP contribution in [0.15, 0.2) is 30.3 Å². The number of aryl methyl sites for hydroxylation is 2. The minimum atomic E-state index is -0.523. The first-order chi connectivity index (χ1) is 13.4. The molecule has 4 heteroatoms. The lowest BCUT2D eigenvalue weighted by Gasteiger charge is -2.22. The molecule has 4 nitrogen and oxygen atoms in total. The molecule has 0 saturated carbocycles. The van der Waals surface area contributed by atoms with E-state index in [1.165, 1.54) is 11.1 Å². The SMILES string of the molecule is Cc1cc(OCC(=O)OC(C)(C)C)cc(C)c1C(C)c1ccc(O)c(C(C)C)c1. The predicted octanol–water partition coefficient (Wildman–Crippen LogP) is 6.00. The summed E-state index contributed by atoms with van der Waals surface area (Å²) in [4.78, 5) is 11.9. The summed E-state index contributed by atoms with van der Waals surface area (Å²) in [6.07, 6.45) is 0. The summed E-state index contributed by atoms with van der Waals surface area (Å²) in [7, 11) is 0. The van der Waals surface area contributed by atoms with Gasteiger partial charge in [-0.05, 0) is 86.6 Å². The molecule has 0 aliphatic heterocycles. The molecule has 1 atom stereocenters. The first-order valence-corrected chi connectivity index (χ1v) is 10.2. The number of aromatic hydroxyl groups is 1. The monoisotopic (exact) mass is 398 g/mol. The zero-order valence-electron chi connectivity index (χ0n) is 18.9. The number of esters is 1. The van der Waals surface area contributed by atoms with Crippen molar-refractivity contribution in [2.24, 2.45) is 0 Å². The standard InChI is InChI=1S/C25H34O4/c1-15(2)21-13-19(9-10-22(21)26)18(5)24-16(3)11-20(12-17(24)4)28-14-23(27)29-25(6,7)8/h9-13,15,18,26H,14H2,1-8H3. The third kappa shape index (κ3) is 5.99. The fourth-order valence-corrected chi connectivity index (χ4v) is 3.69. The van der Waals surface area contributed by atoms with Crippen molar-refractivity contribution in [1.29, 1.82) is 0 Å². The van der Waals surface area contributed by atoms with E-state index in [0.29, 0.717) is 11.5 Å². The van der Waals surface area contributed by atoms with Crippen LogP contribution in [0.4, 0.5) is 0 Å². The van der Waals surface area contributed by atoms with E-state index in [-0.39, 0.29) is 24.4 Å². The number of ether oxygens (including phenoxy) is 2. The van der Waals surface area contributed by atoms with Gasteiger partial charge in [0.15, 0.2) is 6.61 Å². The Bertz CT molecular complexity index is 852. The molecule has 0 aliphatic rings. The Hall–Kier alpha value is -2.49. The molecule has 0 heterocycles. The molecular weight excluding hydrogens is 364 g/mol. The third-order valence-electron chi connectivity index (χ3n) is 4.95. The van der Waals surface area contributed by atoms with Crippen LogP contribution in [-0.4, -0.2) is 23.3 Å². The summed E-state index contributed by atoms with van der Waals surface area (Å²) in [6, 6.07) is 9.79. The molecule has 2 rings (SSSR count). The Balaban J connectivity index is 2.23. The van der Waals surface area contributed by atoms with Gasteiger partial charge in [0.25, 0.3) is 0 Å². The van der Waals surface area contributed by atoms with Crippen LogP contribution in [0.3, 0.4) is 0 Å². The first-order valence-electron chi connectivity index (χ1n) is 10.2. The number of hydrogen-bond donors (Lipinski definition) is 1. The summed E-state index contributed by atoms with van der Waals surface area (Å²) in [5.74, 6) is 1.06. The van der Waals surface area contributed by atoms with Crippen molar-refractivity contribution in [3.63, 3.8) is 0 Å². The number of hydrogen-bond acceptors (Lipinski definition) is 4. The van der Waals surface area contributed by atoms with Gasteiger partial charge < -0.3 is 14.6 Å². The largest absolute Gasteiger partial charge is 0.508 e. The van der Waals surface area contributed by atoms with E-state index in [4.69, 9.17) is 9.47 Å². The highest BCUT2D eigenvalue weighted by molar-refractivity contribution is 5.71. The number of phenols is 1. The van der Waals surface area contributed by atoms with E-state index in [9.17, 15) is 9.90 Å². The molecule has 29 heavy (non-hydrogen) atoms. The van der Waals surface area contributed by atoms with Crippen LogP contribution in [0.5, 0.6) is 11.5 Å². The number of benzene rings is 2. The van der Waals surface area contributed by atoms with Gasteiger partial charge in [0.2, 0.25) is 0 Å². The molecular formula is C25H34O4. The fourth-order valence-electron chi connectivity index (χ4n) is 3.69. The molecule has 2 aromatic rings. The van der Waals surface area contributed by atoms with Crippen molar-refractivity contribution in [2.45, 2.75) is 72.8 Å². The van der Waals surface area contributed by atoms with Crippen molar-refractivity contribution >= 4 is 5.97 Å². The summed E-state index contributed by atoms with van der Waals surface area (Å²) >= 11 is 0. The minimum absolute atomic E-state index is 0.110. The highest BCUT2D eigenvalue weighted by Crippen LogP contribution is 2.35. The quantitative estimate of drug-likeness (QED) is 0.606. The van der Waals surface area contributed by atoms with Crippen LogP contribution < -0.4 is 4.74 Å². The molecule has 0 aromatic heterocycles. The smallest absolute Gasteiger partial charge is 0.344 e. The van der Waals surface area contributed by atoms with Crippen molar-refractivity contribution < 1.29 is 19.4 Å². The van der Waals surface area contributed by atoms with Gasteiger partial charge >= 0.3 is 5.97 Å². The van der Waals surface area contributed by atoms with Gasteiger partial charge in [-0.15, -0.1) is 0 Å². The molecule has 158 valence electrons. The van der Waals surface area contributed by atoms with E-state index in [2.05, 4.69) is 40.7 Å². The molecule has 0 radical (unpaired) electrons. The third-order valence-corrected chi connectivity index (χ3v) is 4.95. The van der Waals surface area contributed by atoms with E-state index in [1.807, 2.05) is 39.0 Å². The molecule has 0 bridgehead atoms. The molecule has 1 N–H and O–H groups in total. The Morgan fingerprint density at radius 1 is 1.03 bits per heavy atom. The summed E-state index contributed by atoms with van der Waals surface area (Å²) in [5, 5.41) is 10.1. The zero-order chi connectivity index (χ0) is 21.9. The Morgan fingerprint density at radius 3 is 2.14 bits per heavy atom. The van der Waals surface area contributed by atoms with Gasteiger partial charge in [-0.3, -0.25) is 0 Å². The average molecular weight is 399 g/mol. The zero-order valence-corrected chi connectivity index (χ0v) is 18.9. The molecule has 2 aromatic carbocycles. The van der Waals surface area contributed by atoms with E-state index in [0.717, 1.165) is 16.7 Å². The Morgan fingerprint density at radius 2 is 1.62 bits per heavy atom. The van der Waals surface area contributed by atoms with Gasteiger partial charge in [-0.25, -0.2) is 4.79 Å². The highest BCUT2D eigenvalue weighted by Gasteiger charge is 2.19. The van der Waals surface area contributed by atoms with Crippen LogP contribution in [0, 0.1) is 13.8 Å². The number of phenolic OH excluding ortho intramolecular Hbond substituents is 1. The van der Waals surface area contributed by atoms with Crippen molar-refractivity contribution in [1.82, 2.24) is 0 Å². The number of carbonyl (C=O) groups is 1. The average Bonchev–Trinajstić information content (AvgIpc) is 2.58. The topological polar surface area (TPSA) is 55.8 Å². The molecule has 0 spiro atoms. The van der Waals surface area contributed by atoms with E-state index < -0.39 is 5.60 Å². The fraction of sp³-hybridized carbons (Fsp3) is 0.480. The van der Waals surface area contributed by atoms with Crippen molar-refractivity contribution in [2.75, 3.05) is 6.61 Å². The second kappa shape index (κ2) is 8.89. The maximum Gasteiger partial charge on any atom is 0.344 e. The van der Waals surface area contributed by atoms with Crippen LogP contribution in [-0.2, 0) is 9.53 Å². The van der Waals surface area contributed by atoms with E-state index >= 15 is 0 Å². The summed E-state index contributed by atoms with van der Waals surface area (Å²) in [5.41, 5.74) is 5.05. The van der Waals surface area contributed by atoms with Gasteiger partial charge in [-0.2, -0.15) is 0 Å². The van der Waals surface area contributed by atoms with Gasteiger partial charge in [-0.1, -0.05) is 32.9 Å². The van der Waals surface area contributed by atoms with Crippen LogP contribution in [0.2, 0.25) is 0 Å². The summed E-state index contributed by atoms with van der Waals surface area (Å²) in [6.45, 7) is 15.9. The number of rotatable bonds is 6. The second-order valence-corrected chi connectivity index (χ2v) is 9.04. The molecule has 0 saturated heterocycles. The normalized spacial score (nSPS) is 12.7. The molecule has 0 fully saturated rings. The highest BCUT2D eigenvalue weighted by atomic mass is 16.6. The van der Waals surface area contributed by atoms with Gasteiger partial charge in [0, 0.05) is 5.92 Å². The van der Waals surface area contributed by atoms with Crippen LogP contribution in [0.25, 0.3) is 0 Å². The predicted molar refractivity (Wildman–Crippen MR) is 117 cm³/mol. The molecule has 0 amide bonds. The lowest BCUT2D eigenvalue weighted by molar-refractivity contribution is -0.157. The lowest BCUT2D eigenvalue weighted by atomic mass is 9.85. The van der Waals surface area contributed by atoms with E-state index in [1.54, 1.807) is 6.07 Å². The first kappa shape index (κ1) is 22.8. The minimum Gasteiger partial charge on any atom is -0.508 e. The van der Waals surface area contributed by atoms with Gasteiger partial charge in [0.05, 0.1) is 0 Å². The lowest BCUT2D eigenvalue weighted by Crippen LogP contribution is -2.27. The van der Waals surface area contributed by atoms with Crippen LogP contribution in [0.1, 0.15) is 81.2 Å². The maximum absolute atomic E-state index is 11.9. The summed E-state index contributed by atoms with van der Waals surface area (Å²) < 4.78 is 11.0. The van der Waals surface area contributed by atoms with Crippen LogP contribution >= 0.6 is 0 Å². The van der Waals surface area contributed by atoms with Crippen molar-refractivity contribution in [3.8, 4) is 11.5 Å². The van der Waals surface area contributed by atoms with Crippen molar-refractivity contribution in [3.05, 3.63) is 58.1 Å². The number of carbonyl (C=O) groups excluding carboxylic acids is 1. The molecule has 0 aliphatic carbocycles. The maximum atomic E-state index is 11.9. The Kier molecular flexibility index (Phi) is 6.99. The molecule has 1 unspecified atom stereocenters. The Labute approximate surface area is 174 Å². The van der Waals surface area contributed by atoms with Gasteiger partial charge in [0.1, 0.15) is 17.1 Å². The second-order valence-electron chi connectivity index (χ2n) is 9.04.